The van der Waals surface area contributed by atoms with Crippen molar-refractivity contribution in [3.05, 3.63) is 41.5 Å². The van der Waals surface area contributed by atoms with E-state index in [9.17, 15) is 4.79 Å². The molecule has 1 aliphatic heterocycles. The average molecular weight is 438 g/mol. The number of nitrogens with zero attached hydrogens (tertiary/aromatic N) is 5. The number of anilines is 2. The molecule has 0 saturated carbocycles. The molecule has 1 saturated heterocycles. The Morgan fingerprint density at radius 2 is 1.84 bits per heavy atom. The first-order valence-corrected chi connectivity index (χ1v) is 10.6. The van der Waals surface area contributed by atoms with Gasteiger partial charge in [-0.25, -0.2) is 9.97 Å². The van der Waals surface area contributed by atoms with Crippen LogP contribution in [-0.4, -0.2) is 65.6 Å². The number of aldehydes is 1. The van der Waals surface area contributed by atoms with E-state index in [1.165, 1.54) is 7.11 Å². The van der Waals surface area contributed by atoms with Crippen molar-refractivity contribution in [1.29, 1.82) is 0 Å². The lowest BCUT2D eigenvalue weighted by Gasteiger charge is -2.38. The van der Waals surface area contributed by atoms with Gasteiger partial charge in [-0.1, -0.05) is 0 Å². The number of piperazine rings is 1. The Bertz CT molecular complexity index is 1080. The number of methoxy groups -OCH3 is 1. The zero-order valence-electron chi connectivity index (χ0n) is 19.5. The van der Waals surface area contributed by atoms with Crippen LogP contribution in [-0.2, 0) is 0 Å². The molecular weight excluding hydrogens is 406 g/mol. The molecule has 1 aliphatic rings. The molecule has 2 N–H and O–H groups in total. The Hall–Kier alpha value is -3.33. The molecule has 4 rings (SSSR count). The molecule has 0 bridgehead atoms. The van der Waals surface area contributed by atoms with Gasteiger partial charge >= 0.3 is 6.01 Å². The summed E-state index contributed by atoms with van der Waals surface area (Å²) in [5.41, 5.74) is 4.15. The second kappa shape index (κ2) is 10.3. The molecule has 3 aromatic rings. The van der Waals surface area contributed by atoms with Crippen molar-refractivity contribution < 1.29 is 9.53 Å². The molecule has 9 heteroatoms. The molecule has 2 unspecified atom stereocenters. The number of aromatic nitrogens is 4. The van der Waals surface area contributed by atoms with Crippen LogP contribution in [0.3, 0.4) is 0 Å². The lowest BCUT2D eigenvalue weighted by Crippen LogP contribution is -2.54. The first-order valence-electron chi connectivity index (χ1n) is 10.6. The molecule has 2 atom stereocenters. The van der Waals surface area contributed by atoms with Crippen LogP contribution < -0.4 is 20.3 Å². The SMILES string of the molecule is CNc1ncc(C)nc1C.COc1ncc2c(N3CC(C)NC(C)C3)ccc(C=O)c2n1. The Balaban J connectivity index is 0.000000243. The van der Waals surface area contributed by atoms with Gasteiger partial charge in [-0.05, 0) is 39.8 Å². The third-order valence-corrected chi connectivity index (χ3v) is 5.25. The second-order valence-electron chi connectivity index (χ2n) is 7.98. The highest BCUT2D eigenvalue weighted by molar-refractivity contribution is 6.01. The lowest BCUT2D eigenvalue weighted by atomic mass is 10.1. The molecule has 0 spiro atoms. The summed E-state index contributed by atoms with van der Waals surface area (Å²) < 4.78 is 5.08. The van der Waals surface area contributed by atoms with Crippen LogP contribution in [0.1, 0.15) is 35.6 Å². The Labute approximate surface area is 188 Å². The summed E-state index contributed by atoms with van der Waals surface area (Å²) in [5, 5.41) is 7.35. The van der Waals surface area contributed by atoms with Crippen LogP contribution in [0.4, 0.5) is 11.5 Å². The van der Waals surface area contributed by atoms with Crippen molar-refractivity contribution in [2.45, 2.75) is 39.8 Å². The topological polar surface area (TPSA) is 105 Å². The molecule has 170 valence electrons. The van der Waals surface area contributed by atoms with E-state index in [2.05, 4.69) is 49.3 Å². The number of fused-ring (bicyclic) bond motifs is 1. The van der Waals surface area contributed by atoms with Crippen LogP contribution in [0.2, 0.25) is 0 Å². The van der Waals surface area contributed by atoms with Crippen LogP contribution in [0.25, 0.3) is 10.9 Å². The summed E-state index contributed by atoms with van der Waals surface area (Å²) in [6, 6.07) is 4.88. The van der Waals surface area contributed by atoms with E-state index in [0.29, 0.717) is 23.2 Å². The lowest BCUT2D eigenvalue weighted by molar-refractivity contribution is 0.112. The zero-order chi connectivity index (χ0) is 23.3. The van der Waals surface area contributed by atoms with Crippen LogP contribution in [0.5, 0.6) is 6.01 Å². The van der Waals surface area contributed by atoms with Gasteiger partial charge in [0.15, 0.2) is 6.29 Å². The first kappa shape index (κ1) is 23.3. The number of rotatable bonds is 4. The van der Waals surface area contributed by atoms with Crippen LogP contribution in [0.15, 0.2) is 24.5 Å². The van der Waals surface area contributed by atoms with E-state index < -0.39 is 0 Å². The van der Waals surface area contributed by atoms with Gasteiger partial charge in [0, 0.05) is 55.1 Å². The molecule has 2 aromatic heterocycles. The van der Waals surface area contributed by atoms with E-state index >= 15 is 0 Å². The van der Waals surface area contributed by atoms with Gasteiger partial charge in [-0.3, -0.25) is 9.78 Å². The van der Waals surface area contributed by atoms with Gasteiger partial charge in [-0.2, -0.15) is 4.98 Å². The minimum absolute atomic E-state index is 0.273. The van der Waals surface area contributed by atoms with Crippen LogP contribution >= 0.6 is 0 Å². The van der Waals surface area contributed by atoms with Crippen molar-refractivity contribution >= 4 is 28.7 Å². The minimum atomic E-state index is 0.273. The molecule has 0 amide bonds. The van der Waals surface area contributed by atoms with Crippen molar-refractivity contribution in [1.82, 2.24) is 25.3 Å². The Kier molecular flexibility index (Phi) is 7.53. The quantitative estimate of drug-likeness (QED) is 0.596. The number of carbonyl (C=O) groups is 1. The minimum Gasteiger partial charge on any atom is -0.467 e. The highest BCUT2D eigenvalue weighted by Gasteiger charge is 2.23. The Morgan fingerprint density at radius 1 is 1.12 bits per heavy atom. The standard InChI is InChI=1S/C16H20N4O2.C7H11N3/c1-10-7-20(8-11(2)18-10)14-5-4-12(9-21)15-13(14)6-17-16(19-15)22-3;1-5-4-9-7(8-3)6(2)10-5/h4-6,9-11,18H,7-8H2,1-3H3;4H,1-3H3,(H,8,9). The van der Waals surface area contributed by atoms with Gasteiger partial charge in [0.25, 0.3) is 0 Å². The number of hydrogen-bond acceptors (Lipinski definition) is 9. The predicted molar refractivity (Wildman–Crippen MR) is 127 cm³/mol. The summed E-state index contributed by atoms with van der Waals surface area (Å²) in [7, 11) is 3.36. The Morgan fingerprint density at radius 3 is 2.44 bits per heavy atom. The van der Waals surface area contributed by atoms with Gasteiger partial charge in [-0.15, -0.1) is 0 Å². The molecule has 3 heterocycles. The van der Waals surface area contributed by atoms with Crippen molar-refractivity contribution in [2.24, 2.45) is 0 Å². The largest absolute Gasteiger partial charge is 0.467 e. The summed E-state index contributed by atoms with van der Waals surface area (Å²) in [5.74, 6) is 0.852. The maximum absolute atomic E-state index is 11.3. The fraction of sp³-hybridized carbons (Fsp3) is 0.435. The zero-order valence-corrected chi connectivity index (χ0v) is 19.5. The third kappa shape index (κ3) is 5.28. The summed E-state index contributed by atoms with van der Waals surface area (Å²) in [4.78, 5) is 30.5. The van der Waals surface area contributed by atoms with Gasteiger partial charge < -0.3 is 20.3 Å². The van der Waals surface area contributed by atoms with Gasteiger partial charge in [0.2, 0.25) is 0 Å². The summed E-state index contributed by atoms with van der Waals surface area (Å²) in [6.07, 6.45) is 4.31. The molecule has 0 radical (unpaired) electrons. The fourth-order valence-corrected chi connectivity index (χ4v) is 3.95. The summed E-state index contributed by atoms with van der Waals surface area (Å²) >= 11 is 0. The fourth-order valence-electron chi connectivity index (χ4n) is 3.95. The van der Waals surface area contributed by atoms with E-state index in [0.717, 1.165) is 47.7 Å². The molecule has 32 heavy (non-hydrogen) atoms. The number of carbonyl (C=O) groups excluding carboxylic acids is 1. The highest BCUT2D eigenvalue weighted by Crippen LogP contribution is 2.29. The van der Waals surface area contributed by atoms with Gasteiger partial charge in [0.1, 0.15) is 5.82 Å². The smallest absolute Gasteiger partial charge is 0.316 e. The highest BCUT2D eigenvalue weighted by atomic mass is 16.5. The van der Waals surface area contributed by atoms with Gasteiger partial charge in [0.05, 0.1) is 30.2 Å². The number of benzene rings is 1. The predicted octanol–water partition coefficient (Wildman–Crippen LogP) is 2.77. The normalized spacial score (nSPS) is 18.0. The molecule has 1 aromatic carbocycles. The van der Waals surface area contributed by atoms with E-state index in [4.69, 9.17) is 4.74 Å². The number of hydrogen-bond donors (Lipinski definition) is 2. The number of nitrogens with one attached hydrogen (secondary N) is 2. The van der Waals surface area contributed by atoms with E-state index in [-0.39, 0.29) is 6.01 Å². The average Bonchev–Trinajstić information content (AvgIpc) is 2.77. The third-order valence-electron chi connectivity index (χ3n) is 5.25. The van der Waals surface area contributed by atoms with Crippen molar-refractivity contribution in [3.8, 4) is 6.01 Å². The van der Waals surface area contributed by atoms with Crippen molar-refractivity contribution in [2.75, 3.05) is 37.5 Å². The van der Waals surface area contributed by atoms with E-state index in [1.807, 2.05) is 33.0 Å². The van der Waals surface area contributed by atoms with Crippen LogP contribution in [0, 0.1) is 13.8 Å². The number of ether oxygens (including phenoxy) is 1. The molecular formula is C23H31N7O2. The maximum Gasteiger partial charge on any atom is 0.316 e. The van der Waals surface area contributed by atoms with E-state index in [1.54, 1.807) is 12.4 Å². The summed E-state index contributed by atoms with van der Waals surface area (Å²) in [6.45, 7) is 10.0. The monoisotopic (exact) mass is 437 g/mol. The second-order valence-corrected chi connectivity index (χ2v) is 7.98. The number of aryl methyl sites for hydroxylation is 2. The maximum atomic E-state index is 11.3. The molecule has 1 fully saturated rings. The molecule has 0 aliphatic carbocycles. The molecule has 9 nitrogen and oxygen atoms in total. The van der Waals surface area contributed by atoms with Crippen molar-refractivity contribution in [3.63, 3.8) is 0 Å². The first-order chi connectivity index (χ1) is 15.4.